The highest BCUT2D eigenvalue weighted by atomic mass is 16.1. The van der Waals surface area contributed by atoms with Gasteiger partial charge in [0.25, 0.3) is 5.56 Å². The van der Waals surface area contributed by atoms with Crippen LogP contribution in [0.2, 0.25) is 0 Å². The third-order valence-corrected chi connectivity index (χ3v) is 6.83. The van der Waals surface area contributed by atoms with E-state index in [1.54, 1.807) is 11.6 Å². The van der Waals surface area contributed by atoms with Crippen molar-refractivity contribution in [3.8, 4) is 0 Å². The fraction of sp³-hybridized carbons (Fsp3) is 0.542. The number of nitrogens with one attached hydrogen (secondary N) is 1. The van der Waals surface area contributed by atoms with Crippen molar-refractivity contribution in [1.29, 1.82) is 0 Å². The van der Waals surface area contributed by atoms with Gasteiger partial charge >= 0.3 is 0 Å². The Morgan fingerprint density at radius 2 is 1.84 bits per heavy atom. The molecular formula is C24H33N7O. The minimum atomic E-state index is -0.0655. The molecular weight excluding hydrogens is 402 g/mol. The van der Waals surface area contributed by atoms with Gasteiger partial charge in [0.1, 0.15) is 0 Å². The first-order chi connectivity index (χ1) is 15.6. The lowest BCUT2D eigenvalue weighted by molar-refractivity contribution is 0.459. The quantitative estimate of drug-likeness (QED) is 0.640. The minimum absolute atomic E-state index is 0.0655. The number of benzene rings is 1. The van der Waals surface area contributed by atoms with Crippen LogP contribution in [0.15, 0.2) is 35.1 Å². The summed E-state index contributed by atoms with van der Waals surface area (Å²) in [7, 11) is 1.80. The molecule has 2 aliphatic rings. The Kier molecular flexibility index (Phi) is 5.87. The van der Waals surface area contributed by atoms with Crippen molar-refractivity contribution in [2.45, 2.75) is 63.6 Å². The van der Waals surface area contributed by atoms with Crippen LogP contribution in [0, 0.1) is 0 Å². The monoisotopic (exact) mass is 435 g/mol. The molecule has 1 unspecified atom stereocenters. The van der Waals surface area contributed by atoms with Crippen molar-refractivity contribution in [2.24, 2.45) is 12.8 Å². The predicted molar refractivity (Wildman–Crippen MR) is 128 cm³/mol. The third-order valence-electron chi connectivity index (χ3n) is 6.83. The molecule has 2 aromatic heterocycles. The number of aromatic nitrogens is 4. The van der Waals surface area contributed by atoms with Gasteiger partial charge in [-0.25, -0.2) is 0 Å². The smallest absolute Gasteiger partial charge is 0.281 e. The lowest BCUT2D eigenvalue weighted by Gasteiger charge is -2.31. The molecule has 3 N–H and O–H groups in total. The number of nitrogens with two attached hydrogens (primary N) is 1. The molecule has 1 aromatic carbocycles. The van der Waals surface area contributed by atoms with E-state index in [9.17, 15) is 4.79 Å². The molecule has 3 aromatic rings. The van der Waals surface area contributed by atoms with Gasteiger partial charge in [0, 0.05) is 32.2 Å². The Morgan fingerprint density at radius 1 is 1.06 bits per heavy atom. The van der Waals surface area contributed by atoms with Crippen molar-refractivity contribution in [3.05, 3.63) is 46.2 Å². The van der Waals surface area contributed by atoms with Crippen LogP contribution in [0.25, 0.3) is 11.2 Å². The molecule has 3 heterocycles. The van der Waals surface area contributed by atoms with Crippen molar-refractivity contribution in [2.75, 3.05) is 23.3 Å². The Balaban J connectivity index is 1.59. The van der Waals surface area contributed by atoms with E-state index in [2.05, 4.69) is 22.3 Å². The number of rotatable bonds is 5. The average molecular weight is 436 g/mol. The van der Waals surface area contributed by atoms with Crippen LogP contribution in [0.5, 0.6) is 0 Å². The average Bonchev–Trinajstić information content (AvgIpc) is 3.17. The summed E-state index contributed by atoms with van der Waals surface area (Å²) in [5.41, 5.74) is 8.40. The number of fused-ring (bicyclic) bond motifs is 1. The van der Waals surface area contributed by atoms with Gasteiger partial charge < -0.3 is 16.0 Å². The summed E-state index contributed by atoms with van der Waals surface area (Å²) in [6, 6.07) is 10.7. The first-order valence-corrected chi connectivity index (χ1v) is 11.9. The number of nitrogens with zero attached hydrogens (tertiary/aromatic N) is 5. The summed E-state index contributed by atoms with van der Waals surface area (Å²) < 4.78 is 3.67. The van der Waals surface area contributed by atoms with Gasteiger partial charge in [-0.1, -0.05) is 49.6 Å². The molecule has 0 amide bonds. The molecule has 1 saturated carbocycles. The van der Waals surface area contributed by atoms with E-state index >= 15 is 0 Å². The Bertz CT molecular complexity index is 1130. The predicted octanol–water partition coefficient (Wildman–Crippen LogP) is 2.85. The van der Waals surface area contributed by atoms with Gasteiger partial charge in [-0.2, -0.15) is 9.97 Å². The van der Waals surface area contributed by atoms with Crippen LogP contribution in [-0.2, 0) is 13.6 Å². The molecule has 170 valence electrons. The molecule has 32 heavy (non-hydrogen) atoms. The van der Waals surface area contributed by atoms with Crippen LogP contribution >= 0.6 is 0 Å². The molecule has 2 fully saturated rings. The molecule has 0 bridgehead atoms. The SMILES string of the molecule is Cn1c(NC2CCCCC2)nc2nc(N3CCCC(N)C3)n(Cc3ccccc3)c2c1=O. The summed E-state index contributed by atoms with van der Waals surface area (Å²) in [4.78, 5) is 25.5. The van der Waals surface area contributed by atoms with E-state index in [4.69, 9.17) is 15.7 Å². The molecule has 5 rings (SSSR count). The van der Waals surface area contributed by atoms with E-state index in [-0.39, 0.29) is 11.6 Å². The van der Waals surface area contributed by atoms with Crippen molar-refractivity contribution in [1.82, 2.24) is 19.1 Å². The summed E-state index contributed by atoms with van der Waals surface area (Å²) >= 11 is 0. The number of hydrogen-bond donors (Lipinski definition) is 2. The zero-order valence-electron chi connectivity index (χ0n) is 18.8. The zero-order valence-corrected chi connectivity index (χ0v) is 18.8. The molecule has 1 saturated heterocycles. The van der Waals surface area contributed by atoms with Gasteiger partial charge in [-0.05, 0) is 31.2 Å². The first kappa shape index (κ1) is 21.0. The van der Waals surface area contributed by atoms with Gasteiger partial charge in [0.2, 0.25) is 11.9 Å². The normalized spacial score (nSPS) is 20.1. The maximum atomic E-state index is 13.5. The molecule has 1 aliphatic heterocycles. The molecule has 8 heteroatoms. The molecule has 0 spiro atoms. The molecule has 1 atom stereocenters. The summed E-state index contributed by atoms with van der Waals surface area (Å²) in [6.07, 6.45) is 8.01. The van der Waals surface area contributed by atoms with E-state index in [1.165, 1.54) is 19.3 Å². The minimum Gasteiger partial charge on any atom is -0.353 e. The van der Waals surface area contributed by atoms with Crippen molar-refractivity contribution >= 4 is 23.1 Å². The van der Waals surface area contributed by atoms with Crippen molar-refractivity contribution in [3.63, 3.8) is 0 Å². The zero-order chi connectivity index (χ0) is 22.1. The third kappa shape index (κ3) is 4.11. The fourth-order valence-corrected chi connectivity index (χ4v) is 5.06. The second-order valence-electron chi connectivity index (χ2n) is 9.28. The lowest BCUT2D eigenvalue weighted by atomic mass is 9.96. The largest absolute Gasteiger partial charge is 0.353 e. The Labute approximate surface area is 188 Å². The molecule has 8 nitrogen and oxygen atoms in total. The highest BCUT2D eigenvalue weighted by molar-refractivity contribution is 5.75. The standard InChI is InChI=1S/C24H33N7O/c1-29-22(32)20-21(27-23(29)26-19-12-6-3-7-13-19)28-24(30-14-8-11-18(25)16-30)31(20)15-17-9-4-2-5-10-17/h2,4-5,9-10,18-19H,3,6-8,11-16,25H2,1H3,(H,26,27). The highest BCUT2D eigenvalue weighted by Gasteiger charge is 2.26. The van der Waals surface area contributed by atoms with E-state index < -0.39 is 0 Å². The van der Waals surface area contributed by atoms with Crippen LogP contribution in [0.1, 0.15) is 50.5 Å². The van der Waals surface area contributed by atoms with Crippen LogP contribution in [0.4, 0.5) is 11.9 Å². The summed E-state index contributed by atoms with van der Waals surface area (Å²) in [5.74, 6) is 1.40. The fourth-order valence-electron chi connectivity index (χ4n) is 5.06. The maximum Gasteiger partial charge on any atom is 0.281 e. The lowest BCUT2D eigenvalue weighted by Crippen LogP contribution is -2.44. The summed E-state index contributed by atoms with van der Waals surface area (Å²) in [6.45, 7) is 2.20. The second kappa shape index (κ2) is 8.94. The number of piperidine rings is 1. The molecule has 1 aliphatic carbocycles. The Hall–Kier alpha value is -2.87. The van der Waals surface area contributed by atoms with Crippen LogP contribution < -0.4 is 21.5 Å². The van der Waals surface area contributed by atoms with E-state index in [0.717, 1.165) is 50.3 Å². The van der Waals surface area contributed by atoms with Gasteiger partial charge in [0.05, 0.1) is 6.54 Å². The van der Waals surface area contributed by atoms with E-state index in [1.807, 2.05) is 22.8 Å². The van der Waals surface area contributed by atoms with E-state index in [0.29, 0.717) is 29.7 Å². The maximum absolute atomic E-state index is 13.5. The van der Waals surface area contributed by atoms with Gasteiger partial charge in [-0.15, -0.1) is 0 Å². The van der Waals surface area contributed by atoms with Crippen molar-refractivity contribution < 1.29 is 0 Å². The highest BCUT2D eigenvalue weighted by Crippen LogP contribution is 2.26. The van der Waals surface area contributed by atoms with Gasteiger partial charge in [0.15, 0.2) is 11.2 Å². The second-order valence-corrected chi connectivity index (χ2v) is 9.28. The van der Waals surface area contributed by atoms with Crippen LogP contribution in [-0.4, -0.2) is 44.3 Å². The Morgan fingerprint density at radius 3 is 2.59 bits per heavy atom. The number of imidazole rings is 1. The first-order valence-electron chi connectivity index (χ1n) is 11.9. The molecule has 0 radical (unpaired) electrons. The summed E-state index contributed by atoms with van der Waals surface area (Å²) in [5, 5.41) is 3.52. The van der Waals surface area contributed by atoms with Gasteiger partial charge in [-0.3, -0.25) is 13.9 Å². The van der Waals surface area contributed by atoms with Crippen LogP contribution in [0.3, 0.4) is 0 Å². The topological polar surface area (TPSA) is 94.0 Å². The number of anilines is 2. The number of hydrogen-bond acceptors (Lipinski definition) is 6.